The van der Waals surface area contributed by atoms with Crippen LogP contribution in [-0.4, -0.2) is 43.0 Å². The fourth-order valence-electron chi connectivity index (χ4n) is 2.11. The van der Waals surface area contributed by atoms with Crippen molar-refractivity contribution < 1.29 is 9.21 Å². The Morgan fingerprint density at radius 2 is 2.14 bits per heavy atom. The largest absolute Gasteiger partial charge is 0.448 e. The highest BCUT2D eigenvalue weighted by atomic mass is 32.1. The molecule has 5 nitrogen and oxygen atoms in total. The van der Waals surface area contributed by atoms with Crippen LogP contribution in [0.25, 0.3) is 21.0 Å². The quantitative estimate of drug-likeness (QED) is 0.786. The number of amides is 1. The number of hydrogen-bond acceptors (Lipinski definition) is 5. The van der Waals surface area contributed by atoms with E-state index in [1.165, 1.54) is 0 Å². The minimum Gasteiger partial charge on any atom is -0.448 e. The first kappa shape index (κ1) is 14.7. The maximum Gasteiger partial charge on any atom is 0.289 e. The molecule has 0 aliphatic heterocycles. The minimum absolute atomic E-state index is 0.123. The fourth-order valence-corrected chi connectivity index (χ4v) is 3.04. The second kappa shape index (κ2) is 6.29. The highest BCUT2D eigenvalue weighted by Crippen LogP contribution is 2.31. The molecule has 22 heavy (non-hydrogen) atoms. The Balaban J connectivity index is 1.82. The molecule has 0 aliphatic carbocycles. The third-order valence-corrected chi connectivity index (χ3v) is 4.42. The highest BCUT2D eigenvalue weighted by Gasteiger charge is 2.17. The van der Waals surface area contributed by atoms with E-state index < -0.39 is 0 Å². The van der Waals surface area contributed by atoms with Gasteiger partial charge in [-0.25, -0.2) is 4.98 Å². The standard InChI is InChI=1S/C16H17N3O2S/c1-17-9-10-19(2)16(20)13-8-7-12(21-13)15-18-11-5-3-4-6-14(11)22-15/h3-8,17H,9-10H2,1-2H3. The number of fused-ring (bicyclic) bond motifs is 1. The van der Waals surface area contributed by atoms with Crippen LogP contribution in [0.3, 0.4) is 0 Å². The van der Waals surface area contributed by atoms with Gasteiger partial charge >= 0.3 is 0 Å². The third kappa shape index (κ3) is 2.88. The van der Waals surface area contributed by atoms with Gasteiger partial charge in [-0.3, -0.25) is 4.79 Å². The number of nitrogens with zero attached hydrogens (tertiary/aromatic N) is 2. The van der Waals surface area contributed by atoms with Crippen LogP contribution < -0.4 is 5.32 Å². The number of likely N-dealkylation sites (N-methyl/N-ethyl adjacent to an activating group) is 2. The first-order valence-electron chi connectivity index (χ1n) is 7.05. The zero-order valence-electron chi connectivity index (χ0n) is 12.5. The average molecular weight is 315 g/mol. The summed E-state index contributed by atoms with van der Waals surface area (Å²) in [6, 6.07) is 11.4. The summed E-state index contributed by atoms with van der Waals surface area (Å²) in [6.07, 6.45) is 0. The summed E-state index contributed by atoms with van der Waals surface area (Å²) in [6.45, 7) is 1.38. The molecule has 114 valence electrons. The van der Waals surface area contributed by atoms with Gasteiger partial charge in [0.1, 0.15) is 0 Å². The third-order valence-electron chi connectivity index (χ3n) is 3.37. The lowest BCUT2D eigenvalue weighted by Crippen LogP contribution is -2.32. The molecular formula is C16H17N3O2S. The Kier molecular flexibility index (Phi) is 4.22. The Hall–Kier alpha value is -2.18. The van der Waals surface area contributed by atoms with Gasteiger partial charge in [-0.2, -0.15) is 0 Å². The lowest BCUT2D eigenvalue weighted by Gasteiger charge is -2.14. The summed E-state index contributed by atoms with van der Waals surface area (Å²) in [4.78, 5) is 18.4. The summed E-state index contributed by atoms with van der Waals surface area (Å²) >= 11 is 1.56. The monoisotopic (exact) mass is 315 g/mol. The number of nitrogens with one attached hydrogen (secondary N) is 1. The SMILES string of the molecule is CNCCN(C)C(=O)c1ccc(-c2nc3ccccc3s2)o1. The summed E-state index contributed by atoms with van der Waals surface area (Å²) in [7, 11) is 3.62. The van der Waals surface area contributed by atoms with E-state index in [-0.39, 0.29) is 5.91 Å². The van der Waals surface area contributed by atoms with Gasteiger partial charge in [0.05, 0.1) is 10.2 Å². The molecule has 1 aromatic carbocycles. The molecule has 6 heteroatoms. The molecule has 0 saturated carbocycles. The van der Waals surface area contributed by atoms with E-state index in [9.17, 15) is 4.79 Å². The molecule has 0 aliphatic rings. The van der Waals surface area contributed by atoms with Crippen molar-refractivity contribution in [3.05, 3.63) is 42.2 Å². The normalized spacial score (nSPS) is 11.0. The van der Waals surface area contributed by atoms with Crippen molar-refractivity contribution in [1.82, 2.24) is 15.2 Å². The Labute approximate surface area is 132 Å². The lowest BCUT2D eigenvalue weighted by atomic mass is 10.3. The molecule has 3 rings (SSSR count). The molecule has 1 amide bonds. The van der Waals surface area contributed by atoms with Crippen LogP contribution in [0.5, 0.6) is 0 Å². The molecule has 1 N–H and O–H groups in total. The van der Waals surface area contributed by atoms with Crippen LogP contribution in [-0.2, 0) is 0 Å². The second-order valence-corrected chi connectivity index (χ2v) is 6.01. The smallest absolute Gasteiger partial charge is 0.289 e. The molecule has 2 heterocycles. The minimum atomic E-state index is -0.123. The number of rotatable bonds is 5. The van der Waals surface area contributed by atoms with E-state index in [1.54, 1.807) is 35.4 Å². The van der Waals surface area contributed by atoms with Gasteiger partial charge in [0.15, 0.2) is 16.5 Å². The van der Waals surface area contributed by atoms with Crippen molar-refractivity contribution in [3.8, 4) is 10.8 Å². The number of aromatic nitrogens is 1. The Morgan fingerprint density at radius 1 is 1.32 bits per heavy atom. The Morgan fingerprint density at radius 3 is 2.91 bits per heavy atom. The van der Waals surface area contributed by atoms with Crippen LogP contribution in [0.15, 0.2) is 40.8 Å². The first-order chi connectivity index (χ1) is 10.7. The number of para-hydroxylation sites is 1. The van der Waals surface area contributed by atoms with Crippen molar-refractivity contribution in [2.75, 3.05) is 27.2 Å². The molecule has 0 atom stereocenters. The summed E-state index contributed by atoms with van der Waals surface area (Å²) in [5.74, 6) is 0.849. The number of benzene rings is 1. The molecule has 0 saturated heterocycles. The van der Waals surface area contributed by atoms with Crippen molar-refractivity contribution in [1.29, 1.82) is 0 Å². The molecule has 0 unspecified atom stereocenters. The highest BCUT2D eigenvalue weighted by molar-refractivity contribution is 7.21. The fraction of sp³-hybridized carbons (Fsp3) is 0.250. The van der Waals surface area contributed by atoms with Crippen molar-refractivity contribution in [2.24, 2.45) is 0 Å². The molecule has 0 fully saturated rings. The molecular weight excluding hydrogens is 298 g/mol. The van der Waals surface area contributed by atoms with Crippen molar-refractivity contribution >= 4 is 27.5 Å². The zero-order valence-corrected chi connectivity index (χ0v) is 13.3. The molecule has 2 aromatic heterocycles. The van der Waals surface area contributed by atoms with Gasteiger partial charge in [-0.05, 0) is 31.3 Å². The maximum absolute atomic E-state index is 12.3. The van der Waals surface area contributed by atoms with E-state index in [0.717, 1.165) is 21.8 Å². The van der Waals surface area contributed by atoms with Crippen LogP contribution in [0, 0.1) is 0 Å². The molecule has 0 bridgehead atoms. The van der Waals surface area contributed by atoms with E-state index in [2.05, 4.69) is 10.3 Å². The summed E-state index contributed by atoms with van der Waals surface area (Å²) in [5, 5.41) is 3.81. The van der Waals surface area contributed by atoms with E-state index >= 15 is 0 Å². The van der Waals surface area contributed by atoms with Gasteiger partial charge in [0, 0.05) is 20.1 Å². The van der Waals surface area contributed by atoms with Crippen LogP contribution >= 0.6 is 11.3 Å². The molecule has 0 spiro atoms. The van der Waals surface area contributed by atoms with E-state index in [4.69, 9.17) is 4.42 Å². The average Bonchev–Trinajstić information content (AvgIpc) is 3.17. The summed E-state index contributed by atoms with van der Waals surface area (Å²) < 4.78 is 6.80. The van der Waals surface area contributed by atoms with Gasteiger partial charge in [-0.1, -0.05) is 12.1 Å². The van der Waals surface area contributed by atoms with Crippen LogP contribution in [0.4, 0.5) is 0 Å². The number of hydrogen-bond donors (Lipinski definition) is 1. The van der Waals surface area contributed by atoms with Crippen LogP contribution in [0.2, 0.25) is 0 Å². The number of thiazole rings is 1. The maximum atomic E-state index is 12.3. The van der Waals surface area contributed by atoms with Crippen LogP contribution in [0.1, 0.15) is 10.6 Å². The van der Waals surface area contributed by atoms with Gasteiger partial charge < -0.3 is 14.6 Å². The predicted molar refractivity (Wildman–Crippen MR) is 88.2 cm³/mol. The molecule has 3 aromatic rings. The number of furan rings is 1. The number of carbonyl (C=O) groups excluding carboxylic acids is 1. The summed E-state index contributed by atoms with van der Waals surface area (Å²) in [5.41, 5.74) is 0.943. The molecule has 0 radical (unpaired) electrons. The first-order valence-corrected chi connectivity index (χ1v) is 7.86. The zero-order chi connectivity index (χ0) is 15.5. The van der Waals surface area contributed by atoms with Gasteiger partial charge in [-0.15, -0.1) is 11.3 Å². The van der Waals surface area contributed by atoms with E-state index in [1.807, 2.05) is 31.3 Å². The predicted octanol–water partition coefficient (Wildman–Crippen LogP) is 2.85. The van der Waals surface area contributed by atoms with Gasteiger partial charge in [0.2, 0.25) is 0 Å². The van der Waals surface area contributed by atoms with E-state index in [0.29, 0.717) is 18.1 Å². The van der Waals surface area contributed by atoms with Gasteiger partial charge in [0.25, 0.3) is 5.91 Å². The topological polar surface area (TPSA) is 58.4 Å². The Bertz CT molecular complexity index is 760. The van der Waals surface area contributed by atoms with Crippen molar-refractivity contribution in [2.45, 2.75) is 0 Å². The lowest BCUT2D eigenvalue weighted by molar-refractivity contribution is 0.0766. The second-order valence-electron chi connectivity index (χ2n) is 4.98. The number of carbonyl (C=O) groups is 1. The van der Waals surface area contributed by atoms with Crippen molar-refractivity contribution in [3.63, 3.8) is 0 Å².